The quantitative estimate of drug-likeness (QED) is 0.837. The number of nitrogens with one attached hydrogen (secondary N) is 1. The largest absolute Gasteiger partial charge is 0.428 e. The molecular formula is C12H11F2NO2. The van der Waals surface area contributed by atoms with E-state index < -0.39 is 23.7 Å². The van der Waals surface area contributed by atoms with Crippen molar-refractivity contribution in [1.29, 1.82) is 0 Å². The van der Waals surface area contributed by atoms with Crippen molar-refractivity contribution in [3.05, 3.63) is 35.6 Å². The summed E-state index contributed by atoms with van der Waals surface area (Å²) in [6.45, 7) is 1.62. The lowest BCUT2D eigenvalue weighted by Gasteiger charge is -2.09. The van der Waals surface area contributed by atoms with Crippen molar-refractivity contribution in [1.82, 2.24) is 5.32 Å². The van der Waals surface area contributed by atoms with Gasteiger partial charge in [-0.3, -0.25) is 4.79 Å². The van der Waals surface area contributed by atoms with E-state index in [-0.39, 0.29) is 11.1 Å². The molecule has 1 atom stereocenters. The number of Topliss-reactive ketones (excluding diaryl/α,β-unsaturated/α-hetero) is 1. The molecule has 0 aliphatic carbocycles. The van der Waals surface area contributed by atoms with Crippen molar-refractivity contribution >= 4 is 16.8 Å². The molecule has 0 saturated carbocycles. The first-order valence-electron chi connectivity index (χ1n) is 5.13. The molecule has 0 saturated heterocycles. The van der Waals surface area contributed by atoms with Crippen molar-refractivity contribution in [3.8, 4) is 0 Å². The van der Waals surface area contributed by atoms with Gasteiger partial charge in [0.25, 0.3) is 6.01 Å². The summed E-state index contributed by atoms with van der Waals surface area (Å²) >= 11 is 0. The smallest absolute Gasteiger partial charge is 0.278 e. The van der Waals surface area contributed by atoms with Crippen molar-refractivity contribution in [2.24, 2.45) is 0 Å². The van der Waals surface area contributed by atoms with E-state index in [0.29, 0.717) is 5.39 Å². The first-order chi connectivity index (χ1) is 8.04. The van der Waals surface area contributed by atoms with Crippen LogP contribution in [0.15, 0.2) is 22.6 Å². The van der Waals surface area contributed by atoms with Crippen molar-refractivity contribution in [2.45, 2.75) is 13.0 Å². The average Bonchev–Trinajstić information content (AvgIpc) is 2.69. The fourth-order valence-electron chi connectivity index (χ4n) is 1.59. The number of carbonyl (C=O) groups excluding carboxylic acids is 1. The van der Waals surface area contributed by atoms with Crippen LogP contribution < -0.4 is 5.32 Å². The highest BCUT2D eigenvalue weighted by atomic mass is 19.1. The predicted molar refractivity (Wildman–Crippen MR) is 59.0 cm³/mol. The summed E-state index contributed by atoms with van der Waals surface area (Å²) in [6, 6.07) is 2.49. The van der Waals surface area contributed by atoms with Crippen LogP contribution in [-0.4, -0.2) is 18.9 Å². The number of hydrogen-bond acceptors (Lipinski definition) is 3. The number of likely N-dealkylation sites (N-methyl/N-ethyl adjacent to an activating group) is 1. The van der Waals surface area contributed by atoms with Crippen LogP contribution in [0, 0.1) is 11.8 Å². The number of benzene rings is 1. The van der Waals surface area contributed by atoms with Crippen molar-refractivity contribution in [2.75, 3.05) is 7.05 Å². The Kier molecular flexibility index (Phi) is 2.93. The van der Waals surface area contributed by atoms with Gasteiger partial charge in [0.15, 0.2) is 17.2 Å². The summed E-state index contributed by atoms with van der Waals surface area (Å²) in [6.07, 6.45) is 0. The third-order valence-corrected chi connectivity index (χ3v) is 2.69. The number of halogens is 2. The van der Waals surface area contributed by atoms with Crippen LogP contribution in [0.25, 0.3) is 11.0 Å². The van der Waals surface area contributed by atoms with Gasteiger partial charge in [0.1, 0.15) is 0 Å². The molecule has 1 aromatic heterocycles. The van der Waals surface area contributed by atoms with E-state index in [2.05, 4.69) is 9.73 Å². The number of fused-ring (bicyclic) bond motifs is 1. The minimum Gasteiger partial charge on any atom is -0.428 e. The van der Waals surface area contributed by atoms with Crippen molar-refractivity contribution in [3.63, 3.8) is 0 Å². The molecule has 1 unspecified atom stereocenters. The Balaban J connectivity index is 2.56. The highest BCUT2D eigenvalue weighted by Crippen LogP contribution is 2.24. The van der Waals surface area contributed by atoms with Crippen LogP contribution >= 0.6 is 0 Å². The second kappa shape index (κ2) is 4.25. The lowest BCUT2D eigenvalue weighted by atomic mass is 10.0. The summed E-state index contributed by atoms with van der Waals surface area (Å²) in [5.41, 5.74) is -0.328. The zero-order chi connectivity index (χ0) is 12.6. The molecule has 17 heavy (non-hydrogen) atoms. The van der Waals surface area contributed by atoms with Crippen LogP contribution in [0.5, 0.6) is 0 Å². The summed E-state index contributed by atoms with van der Waals surface area (Å²) in [4.78, 5) is 11.8. The normalized spacial score (nSPS) is 12.9. The van der Waals surface area contributed by atoms with Crippen LogP contribution in [0.4, 0.5) is 8.78 Å². The number of rotatable bonds is 3. The average molecular weight is 239 g/mol. The fourth-order valence-corrected chi connectivity index (χ4v) is 1.59. The molecule has 0 bridgehead atoms. The maximum absolute atomic E-state index is 13.9. The summed E-state index contributed by atoms with van der Waals surface area (Å²) in [7, 11) is 1.60. The topological polar surface area (TPSA) is 42.2 Å². The van der Waals surface area contributed by atoms with E-state index >= 15 is 0 Å². The molecule has 3 nitrogen and oxygen atoms in total. The Hall–Kier alpha value is -1.75. The molecule has 1 N–H and O–H groups in total. The Labute approximate surface area is 96.4 Å². The van der Waals surface area contributed by atoms with Gasteiger partial charge in [-0.2, -0.15) is 4.39 Å². The highest BCUT2D eigenvalue weighted by Gasteiger charge is 2.21. The van der Waals surface area contributed by atoms with Crippen LogP contribution in [0.1, 0.15) is 17.3 Å². The summed E-state index contributed by atoms with van der Waals surface area (Å²) in [5.74, 6) is -1.22. The fraction of sp³-hybridized carbons (Fsp3) is 0.250. The molecule has 2 aromatic rings. The Morgan fingerprint density at radius 3 is 2.76 bits per heavy atom. The molecule has 0 fully saturated rings. The van der Waals surface area contributed by atoms with E-state index in [1.54, 1.807) is 14.0 Å². The molecule has 0 amide bonds. The zero-order valence-corrected chi connectivity index (χ0v) is 9.38. The number of ketones is 1. The molecule has 2 rings (SSSR count). The lowest BCUT2D eigenvalue weighted by Crippen LogP contribution is -2.31. The van der Waals surface area contributed by atoms with E-state index in [0.717, 1.165) is 6.07 Å². The third kappa shape index (κ3) is 1.93. The lowest BCUT2D eigenvalue weighted by molar-refractivity contribution is 0.0951. The third-order valence-electron chi connectivity index (χ3n) is 2.69. The predicted octanol–water partition coefficient (Wildman–Crippen LogP) is 2.50. The van der Waals surface area contributed by atoms with Gasteiger partial charge in [0.2, 0.25) is 0 Å². The molecule has 1 aromatic carbocycles. The molecule has 90 valence electrons. The van der Waals surface area contributed by atoms with E-state index in [9.17, 15) is 13.6 Å². The van der Waals surface area contributed by atoms with Gasteiger partial charge in [-0.05, 0) is 20.0 Å². The maximum Gasteiger partial charge on any atom is 0.278 e. The highest BCUT2D eigenvalue weighted by molar-refractivity contribution is 6.02. The van der Waals surface area contributed by atoms with Gasteiger partial charge in [-0.15, -0.1) is 0 Å². The zero-order valence-electron chi connectivity index (χ0n) is 9.38. The minimum atomic E-state index is -0.870. The van der Waals surface area contributed by atoms with Crippen LogP contribution in [0.2, 0.25) is 0 Å². The molecule has 0 aliphatic rings. The Morgan fingerprint density at radius 1 is 1.41 bits per heavy atom. The van der Waals surface area contributed by atoms with Crippen LogP contribution in [-0.2, 0) is 0 Å². The molecule has 0 spiro atoms. The molecule has 5 heteroatoms. The van der Waals surface area contributed by atoms with E-state index in [1.165, 1.54) is 12.1 Å². The van der Waals surface area contributed by atoms with Gasteiger partial charge >= 0.3 is 0 Å². The van der Waals surface area contributed by atoms with Crippen LogP contribution in [0.3, 0.4) is 0 Å². The van der Waals surface area contributed by atoms with Gasteiger partial charge < -0.3 is 9.73 Å². The second-order valence-electron chi connectivity index (χ2n) is 3.77. The summed E-state index contributed by atoms with van der Waals surface area (Å²) < 4.78 is 31.3. The van der Waals surface area contributed by atoms with E-state index in [4.69, 9.17) is 0 Å². The first kappa shape index (κ1) is 11.7. The standard InChI is InChI=1S/C12H11F2NO2/c1-6(15-2)11(16)8-4-3-7-5-9(13)17-12(7)10(8)14/h3-6,15H,1-2H3. The number of furan rings is 1. The van der Waals surface area contributed by atoms with Gasteiger partial charge in [0.05, 0.1) is 11.6 Å². The van der Waals surface area contributed by atoms with Gasteiger partial charge in [-0.1, -0.05) is 6.07 Å². The number of hydrogen-bond donors (Lipinski definition) is 1. The molecule has 0 radical (unpaired) electrons. The molecule has 1 heterocycles. The Bertz CT molecular complexity index is 577. The van der Waals surface area contributed by atoms with Gasteiger partial charge in [0, 0.05) is 11.5 Å². The maximum atomic E-state index is 13.9. The Morgan fingerprint density at radius 2 is 2.12 bits per heavy atom. The monoisotopic (exact) mass is 239 g/mol. The molecular weight excluding hydrogens is 228 g/mol. The number of carbonyl (C=O) groups is 1. The second-order valence-corrected chi connectivity index (χ2v) is 3.77. The SMILES string of the molecule is CNC(C)C(=O)c1ccc2cc(F)oc2c1F. The first-order valence-corrected chi connectivity index (χ1v) is 5.13. The van der Waals surface area contributed by atoms with Crippen molar-refractivity contribution < 1.29 is 18.0 Å². The summed E-state index contributed by atoms with van der Waals surface area (Å²) in [5, 5.41) is 3.02. The van der Waals surface area contributed by atoms with Gasteiger partial charge in [-0.25, -0.2) is 4.39 Å². The molecule has 0 aliphatic heterocycles. The van der Waals surface area contributed by atoms with E-state index in [1.807, 2.05) is 0 Å². The minimum absolute atomic E-state index is 0.103.